The van der Waals surface area contributed by atoms with Gasteiger partial charge in [-0.25, -0.2) is 0 Å². The van der Waals surface area contributed by atoms with E-state index < -0.39 is 5.91 Å². The molecule has 0 spiro atoms. The maximum absolute atomic E-state index is 11.9. The first-order valence-electron chi connectivity index (χ1n) is 6.66. The number of halogens is 1. The lowest BCUT2D eigenvalue weighted by Crippen LogP contribution is -2.41. The summed E-state index contributed by atoms with van der Waals surface area (Å²) in [7, 11) is 0. The van der Waals surface area contributed by atoms with Crippen LogP contribution in [0.15, 0.2) is 54.6 Å². The van der Waals surface area contributed by atoms with Crippen molar-refractivity contribution < 1.29 is 9.59 Å². The van der Waals surface area contributed by atoms with Gasteiger partial charge in [-0.1, -0.05) is 41.9 Å². The number of nitrogens with one attached hydrogen (secondary N) is 2. The Morgan fingerprint density at radius 2 is 1.82 bits per heavy atom. The fourth-order valence-corrected chi connectivity index (χ4v) is 2.04. The molecule has 0 bridgehead atoms. The molecule has 112 valence electrons. The van der Waals surface area contributed by atoms with Gasteiger partial charge in [0, 0.05) is 16.7 Å². The lowest BCUT2D eigenvalue weighted by molar-refractivity contribution is -0.117. The standard InChI is InChI=1S/C17H15ClN2O2/c1-12-5-2-3-8-15(12)17(22)20-19-16(21)10-9-13-6-4-7-14(18)11-13/h2-11H,1H3,(H,19,21)(H,20,22)/b10-9+. The Labute approximate surface area is 133 Å². The molecule has 0 fully saturated rings. The Morgan fingerprint density at radius 3 is 2.55 bits per heavy atom. The van der Waals surface area contributed by atoms with Crippen molar-refractivity contribution in [2.24, 2.45) is 0 Å². The fourth-order valence-electron chi connectivity index (χ4n) is 1.84. The van der Waals surface area contributed by atoms with E-state index in [1.807, 2.05) is 25.1 Å². The maximum atomic E-state index is 11.9. The van der Waals surface area contributed by atoms with Gasteiger partial charge in [-0.2, -0.15) is 0 Å². The monoisotopic (exact) mass is 314 g/mol. The van der Waals surface area contributed by atoms with Gasteiger partial charge >= 0.3 is 0 Å². The summed E-state index contributed by atoms with van der Waals surface area (Å²) < 4.78 is 0. The molecule has 2 aromatic carbocycles. The normalized spacial score (nSPS) is 10.5. The molecule has 0 aromatic heterocycles. The molecule has 0 aliphatic rings. The minimum absolute atomic E-state index is 0.359. The Balaban J connectivity index is 1.90. The van der Waals surface area contributed by atoms with Crippen molar-refractivity contribution >= 4 is 29.5 Å². The molecule has 0 atom stereocenters. The number of benzene rings is 2. The summed E-state index contributed by atoms with van der Waals surface area (Å²) in [6, 6.07) is 14.2. The molecule has 0 radical (unpaired) electrons. The van der Waals surface area contributed by atoms with Crippen molar-refractivity contribution in [3.8, 4) is 0 Å². The van der Waals surface area contributed by atoms with Crippen molar-refractivity contribution in [1.82, 2.24) is 10.9 Å². The number of carbonyl (C=O) groups excluding carboxylic acids is 2. The van der Waals surface area contributed by atoms with Crippen LogP contribution in [0.3, 0.4) is 0 Å². The highest BCUT2D eigenvalue weighted by Crippen LogP contribution is 2.11. The lowest BCUT2D eigenvalue weighted by Gasteiger charge is -2.07. The molecule has 22 heavy (non-hydrogen) atoms. The molecule has 5 heteroatoms. The van der Waals surface area contributed by atoms with Crippen molar-refractivity contribution in [3.63, 3.8) is 0 Å². The molecule has 0 unspecified atom stereocenters. The molecule has 0 aliphatic carbocycles. The third-order valence-electron chi connectivity index (χ3n) is 2.96. The Kier molecular flexibility index (Phi) is 5.33. The molecular weight excluding hydrogens is 300 g/mol. The predicted molar refractivity (Wildman–Crippen MR) is 87.3 cm³/mol. The summed E-state index contributed by atoms with van der Waals surface area (Å²) in [6.45, 7) is 1.83. The highest BCUT2D eigenvalue weighted by atomic mass is 35.5. The first kappa shape index (κ1) is 15.8. The maximum Gasteiger partial charge on any atom is 0.269 e. The number of amides is 2. The first-order chi connectivity index (χ1) is 10.6. The number of hydrogen-bond acceptors (Lipinski definition) is 2. The van der Waals surface area contributed by atoms with Crippen molar-refractivity contribution in [3.05, 3.63) is 76.3 Å². The Bertz CT molecular complexity index is 726. The van der Waals surface area contributed by atoms with Crippen LogP contribution in [0.4, 0.5) is 0 Å². The fraction of sp³-hybridized carbons (Fsp3) is 0.0588. The number of rotatable bonds is 3. The van der Waals surface area contributed by atoms with Crippen LogP contribution < -0.4 is 10.9 Å². The lowest BCUT2D eigenvalue weighted by atomic mass is 10.1. The molecule has 2 aromatic rings. The second-order valence-electron chi connectivity index (χ2n) is 4.65. The highest BCUT2D eigenvalue weighted by Gasteiger charge is 2.07. The van der Waals surface area contributed by atoms with E-state index >= 15 is 0 Å². The van der Waals surface area contributed by atoms with Crippen LogP contribution in [0.25, 0.3) is 6.08 Å². The van der Waals surface area contributed by atoms with E-state index in [9.17, 15) is 9.59 Å². The molecule has 4 nitrogen and oxygen atoms in total. The largest absolute Gasteiger partial charge is 0.269 e. The van der Waals surface area contributed by atoms with Gasteiger partial charge in [0.25, 0.3) is 11.8 Å². The number of hydrogen-bond donors (Lipinski definition) is 2. The molecular formula is C17H15ClN2O2. The number of aryl methyl sites for hydroxylation is 1. The minimum Gasteiger partial charge on any atom is -0.268 e. The Hall–Kier alpha value is -2.59. The second kappa shape index (κ2) is 7.43. The van der Waals surface area contributed by atoms with E-state index in [1.165, 1.54) is 6.08 Å². The van der Waals surface area contributed by atoms with E-state index in [-0.39, 0.29) is 5.91 Å². The number of carbonyl (C=O) groups is 2. The van der Waals surface area contributed by atoms with Crippen molar-refractivity contribution in [2.75, 3.05) is 0 Å². The van der Waals surface area contributed by atoms with E-state index in [0.717, 1.165) is 11.1 Å². The van der Waals surface area contributed by atoms with Gasteiger partial charge in [0.1, 0.15) is 0 Å². The number of hydrazine groups is 1. The summed E-state index contributed by atoms with van der Waals surface area (Å²) in [5, 5.41) is 0.593. The van der Waals surface area contributed by atoms with Gasteiger partial charge < -0.3 is 0 Å². The van der Waals surface area contributed by atoms with Gasteiger partial charge in [-0.15, -0.1) is 0 Å². The molecule has 0 saturated carbocycles. The minimum atomic E-state index is -0.429. The van der Waals surface area contributed by atoms with Gasteiger partial charge in [0.15, 0.2) is 0 Å². The zero-order valence-electron chi connectivity index (χ0n) is 12.0. The SMILES string of the molecule is Cc1ccccc1C(=O)NNC(=O)/C=C/c1cccc(Cl)c1. The topological polar surface area (TPSA) is 58.2 Å². The third-order valence-corrected chi connectivity index (χ3v) is 3.20. The van der Waals surface area contributed by atoms with Crippen molar-refractivity contribution in [2.45, 2.75) is 6.92 Å². The molecule has 0 heterocycles. The van der Waals surface area contributed by atoms with Crippen LogP contribution in [0.1, 0.15) is 21.5 Å². The molecule has 0 saturated heterocycles. The van der Waals surface area contributed by atoms with E-state index in [1.54, 1.807) is 36.4 Å². The molecule has 2 rings (SSSR count). The molecule has 2 amide bonds. The van der Waals surface area contributed by atoms with Crippen molar-refractivity contribution in [1.29, 1.82) is 0 Å². The highest BCUT2D eigenvalue weighted by molar-refractivity contribution is 6.30. The summed E-state index contributed by atoms with van der Waals surface area (Å²) in [5.74, 6) is -0.787. The zero-order valence-corrected chi connectivity index (χ0v) is 12.7. The summed E-state index contributed by atoms with van der Waals surface area (Å²) in [4.78, 5) is 23.6. The van der Waals surface area contributed by atoms with Crippen LogP contribution in [-0.4, -0.2) is 11.8 Å². The van der Waals surface area contributed by atoms with Gasteiger partial charge in [0.2, 0.25) is 0 Å². The average Bonchev–Trinajstić information content (AvgIpc) is 2.51. The average molecular weight is 315 g/mol. The first-order valence-corrected chi connectivity index (χ1v) is 7.03. The quantitative estimate of drug-likeness (QED) is 0.675. The van der Waals surface area contributed by atoms with Crippen LogP contribution in [0.2, 0.25) is 5.02 Å². The van der Waals surface area contributed by atoms with Gasteiger partial charge in [-0.05, 0) is 42.3 Å². The molecule has 0 aliphatic heterocycles. The zero-order chi connectivity index (χ0) is 15.9. The van der Waals surface area contributed by atoms with Crippen LogP contribution in [0.5, 0.6) is 0 Å². The van der Waals surface area contributed by atoms with Crippen LogP contribution in [0, 0.1) is 6.92 Å². The van der Waals surface area contributed by atoms with Gasteiger partial charge in [0.05, 0.1) is 0 Å². The predicted octanol–water partition coefficient (Wildman–Crippen LogP) is 3.12. The Morgan fingerprint density at radius 1 is 1.05 bits per heavy atom. The van der Waals surface area contributed by atoms with E-state index in [0.29, 0.717) is 10.6 Å². The van der Waals surface area contributed by atoms with Gasteiger partial charge in [-0.3, -0.25) is 20.4 Å². The second-order valence-corrected chi connectivity index (χ2v) is 5.08. The third kappa shape index (κ3) is 4.46. The van der Waals surface area contributed by atoms with E-state index in [4.69, 9.17) is 11.6 Å². The smallest absolute Gasteiger partial charge is 0.268 e. The van der Waals surface area contributed by atoms with Crippen LogP contribution >= 0.6 is 11.6 Å². The summed E-state index contributed by atoms with van der Waals surface area (Å²) >= 11 is 5.85. The van der Waals surface area contributed by atoms with Crippen LogP contribution in [-0.2, 0) is 4.79 Å². The summed E-state index contributed by atoms with van der Waals surface area (Å²) in [6.07, 6.45) is 2.94. The van der Waals surface area contributed by atoms with E-state index in [2.05, 4.69) is 10.9 Å². The summed E-state index contributed by atoms with van der Waals surface area (Å²) in [5.41, 5.74) is 6.86. The molecule has 2 N–H and O–H groups in total.